The molecular formula is C14H17Br2N3O2. The molecule has 1 aliphatic heterocycles. The molecule has 3 N–H and O–H groups in total. The van der Waals surface area contributed by atoms with Crippen molar-refractivity contribution in [3.63, 3.8) is 0 Å². The first-order chi connectivity index (χ1) is 9.87. The van der Waals surface area contributed by atoms with Crippen LogP contribution in [0.4, 0.5) is 0 Å². The lowest BCUT2D eigenvalue weighted by Crippen LogP contribution is -2.47. The Bertz CT molecular complexity index is 582. The molecule has 1 fully saturated rings. The maximum absolute atomic E-state index is 12.6. The second kappa shape index (κ2) is 6.36. The zero-order chi connectivity index (χ0) is 15.6. The largest absolute Gasteiger partial charge is 0.409 e. The number of likely N-dealkylation sites (tertiary alicyclic amines) is 1. The minimum atomic E-state index is -0.345. The summed E-state index contributed by atoms with van der Waals surface area (Å²) in [6, 6.07) is 5.51. The molecule has 0 aliphatic carbocycles. The molecule has 1 amide bonds. The number of halogens is 2. The van der Waals surface area contributed by atoms with Crippen molar-refractivity contribution in [1.82, 2.24) is 4.90 Å². The predicted molar refractivity (Wildman–Crippen MR) is 88.5 cm³/mol. The summed E-state index contributed by atoms with van der Waals surface area (Å²) in [5, 5.41) is 12.0. The van der Waals surface area contributed by atoms with Gasteiger partial charge < -0.3 is 15.8 Å². The first kappa shape index (κ1) is 16.3. The number of piperidine rings is 1. The van der Waals surface area contributed by atoms with Crippen LogP contribution in [0, 0.1) is 5.41 Å². The Labute approximate surface area is 140 Å². The lowest BCUT2D eigenvalue weighted by atomic mass is 9.79. The summed E-state index contributed by atoms with van der Waals surface area (Å²) in [7, 11) is 0. The Morgan fingerprint density at radius 3 is 2.52 bits per heavy atom. The number of hydrogen-bond acceptors (Lipinski definition) is 3. The monoisotopic (exact) mass is 417 g/mol. The van der Waals surface area contributed by atoms with Gasteiger partial charge in [0.25, 0.3) is 5.91 Å². The van der Waals surface area contributed by atoms with Crippen molar-refractivity contribution in [2.24, 2.45) is 16.3 Å². The molecule has 0 saturated carbocycles. The minimum Gasteiger partial charge on any atom is -0.409 e. The molecule has 1 aromatic carbocycles. The fourth-order valence-corrected chi connectivity index (χ4v) is 3.63. The van der Waals surface area contributed by atoms with E-state index in [2.05, 4.69) is 37.0 Å². The zero-order valence-electron chi connectivity index (χ0n) is 11.6. The molecular weight excluding hydrogens is 402 g/mol. The zero-order valence-corrected chi connectivity index (χ0v) is 14.8. The van der Waals surface area contributed by atoms with E-state index in [1.54, 1.807) is 11.0 Å². The van der Waals surface area contributed by atoms with E-state index in [1.807, 2.05) is 19.1 Å². The van der Waals surface area contributed by atoms with Crippen LogP contribution in [0.15, 0.2) is 32.3 Å². The molecule has 0 atom stereocenters. The molecule has 0 unspecified atom stereocenters. The van der Waals surface area contributed by atoms with Crippen molar-refractivity contribution >= 4 is 43.6 Å². The molecule has 7 heteroatoms. The highest BCUT2D eigenvalue weighted by molar-refractivity contribution is 9.11. The Morgan fingerprint density at radius 2 is 2.00 bits per heavy atom. The smallest absolute Gasteiger partial charge is 0.254 e. The molecule has 0 bridgehead atoms. The molecule has 1 heterocycles. The van der Waals surface area contributed by atoms with E-state index in [1.165, 1.54) is 0 Å². The first-order valence-electron chi connectivity index (χ1n) is 6.60. The van der Waals surface area contributed by atoms with Crippen molar-refractivity contribution < 1.29 is 10.0 Å². The number of nitrogens with two attached hydrogens (primary N) is 1. The third kappa shape index (κ3) is 3.40. The van der Waals surface area contributed by atoms with E-state index in [9.17, 15) is 4.79 Å². The fraction of sp³-hybridized carbons (Fsp3) is 0.429. The van der Waals surface area contributed by atoms with Gasteiger partial charge in [0.05, 0.1) is 5.56 Å². The molecule has 1 aliphatic rings. The van der Waals surface area contributed by atoms with Crippen LogP contribution in [-0.2, 0) is 0 Å². The average Bonchev–Trinajstić information content (AvgIpc) is 2.46. The Kier molecular flexibility index (Phi) is 4.93. The maximum Gasteiger partial charge on any atom is 0.254 e. The number of hydrogen-bond donors (Lipinski definition) is 2. The molecule has 1 aromatic rings. The van der Waals surface area contributed by atoms with Crippen LogP contribution in [-0.4, -0.2) is 34.9 Å². The van der Waals surface area contributed by atoms with Crippen LogP contribution >= 0.6 is 31.9 Å². The van der Waals surface area contributed by atoms with Crippen LogP contribution in [0.25, 0.3) is 0 Å². The number of nitrogens with zero attached hydrogens (tertiary/aromatic N) is 2. The Morgan fingerprint density at radius 1 is 1.38 bits per heavy atom. The van der Waals surface area contributed by atoms with Gasteiger partial charge in [-0.15, -0.1) is 0 Å². The van der Waals surface area contributed by atoms with Gasteiger partial charge in [-0.05, 0) is 47.0 Å². The van der Waals surface area contributed by atoms with Gasteiger partial charge in [-0.3, -0.25) is 4.79 Å². The number of rotatable bonds is 2. The molecule has 21 heavy (non-hydrogen) atoms. The molecule has 0 spiro atoms. The van der Waals surface area contributed by atoms with Crippen molar-refractivity contribution in [1.29, 1.82) is 0 Å². The standard InChI is InChI=1S/C14H17Br2N3O2/c1-14(13(17)18-21)4-6-19(7-5-14)12(20)10-3-2-9(15)8-11(10)16/h2-3,8,21H,4-7H2,1H3,(H2,17,18). The van der Waals surface area contributed by atoms with Crippen LogP contribution in [0.2, 0.25) is 0 Å². The van der Waals surface area contributed by atoms with Crippen LogP contribution < -0.4 is 5.73 Å². The lowest BCUT2D eigenvalue weighted by Gasteiger charge is -2.38. The number of carbonyl (C=O) groups is 1. The van der Waals surface area contributed by atoms with Gasteiger partial charge in [-0.2, -0.15) is 0 Å². The number of benzene rings is 1. The van der Waals surface area contributed by atoms with E-state index in [0.29, 0.717) is 31.5 Å². The predicted octanol–water partition coefficient (Wildman–Crippen LogP) is 3.20. The van der Waals surface area contributed by atoms with Gasteiger partial charge in [0.1, 0.15) is 5.84 Å². The number of amidine groups is 1. The van der Waals surface area contributed by atoms with Crippen molar-refractivity contribution in [2.45, 2.75) is 19.8 Å². The van der Waals surface area contributed by atoms with Crippen LogP contribution in [0.1, 0.15) is 30.1 Å². The second-order valence-electron chi connectivity index (χ2n) is 5.46. The molecule has 1 saturated heterocycles. The fourth-order valence-electron chi connectivity index (χ4n) is 2.41. The molecule has 2 rings (SSSR count). The summed E-state index contributed by atoms with van der Waals surface area (Å²) in [6.45, 7) is 3.14. The van der Waals surface area contributed by atoms with Gasteiger partial charge in [0, 0.05) is 27.4 Å². The topological polar surface area (TPSA) is 78.9 Å². The highest BCUT2D eigenvalue weighted by atomic mass is 79.9. The SMILES string of the molecule is CC1(/C(N)=N/O)CCN(C(=O)c2ccc(Br)cc2Br)CC1. The Hall–Kier alpha value is -1.08. The normalized spacial score (nSPS) is 18.6. The van der Waals surface area contributed by atoms with Gasteiger partial charge >= 0.3 is 0 Å². The summed E-state index contributed by atoms with van der Waals surface area (Å²) in [5.41, 5.74) is 6.04. The Balaban J connectivity index is 2.10. The molecule has 0 radical (unpaired) electrons. The van der Waals surface area contributed by atoms with Gasteiger partial charge in [0.2, 0.25) is 0 Å². The lowest BCUT2D eigenvalue weighted by molar-refractivity contribution is 0.0665. The maximum atomic E-state index is 12.6. The minimum absolute atomic E-state index is 0.00377. The number of oxime groups is 1. The molecule has 5 nitrogen and oxygen atoms in total. The number of carbonyl (C=O) groups excluding carboxylic acids is 1. The molecule has 0 aromatic heterocycles. The van der Waals surface area contributed by atoms with E-state index < -0.39 is 0 Å². The van der Waals surface area contributed by atoms with Crippen molar-refractivity contribution in [2.75, 3.05) is 13.1 Å². The summed E-state index contributed by atoms with van der Waals surface area (Å²) in [6.07, 6.45) is 1.37. The van der Waals surface area contributed by atoms with Gasteiger partial charge in [0.15, 0.2) is 0 Å². The third-order valence-corrected chi connectivity index (χ3v) is 5.19. The quantitative estimate of drug-likeness (QED) is 0.335. The summed E-state index contributed by atoms with van der Waals surface area (Å²) in [4.78, 5) is 14.4. The first-order valence-corrected chi connectivity index (χ1v) is 8.18. The van der Waals surface area contributed by atoms with Gasteiger partial charge in [-0.25, -0.2) is 0 Å². The van der Waals surface area contributed by atoms with Gasteiger partial charge in [-0.1, -0.05) is 28.0 Å². The summed E-state index contributed by atoms with van der Waals surface area (Å²) < 4.78 is 1.69. The van der Waals surface area contributed by atoms with E-state index in [0.717, 1.165) is 8.95 Å². The van der Waals surface area contributed by atoms with E-state index >= 15 is 0 Å². The van der Waals surface area contributed by atoms with E-state index in [-0.39, 0.29) is 17.2 Å². The van der Waals surface area contributed by atoms with Crippen molar-refractivity contribution in [3.05, 3.63) is 32.7 Å². The third-order valence-electron chi connectivity index (χ3n) is 4.04. The van der Waals surface area contributed by atoms with E-state index in [4.69, 9.17) is 10.9 Å². The number of amides is 1. The second-order valence-corrected chi connectivity index (χ2v) is 7.23. The highest BCUT2D eigenvalue weighted by Gasteiger charge is 2.36. The van der Waals surface area contributed by atoms with Crippen LogP contribution in [0.5, 0.6) is 0 Å². The molecule has 114 valence electrons. The summed E-state index contributed by atoms with van der Waals surface area (Å²) in [5.74, 6) is 0.232. The highest BCUT2D eigenvalue weighted by Crippen LogP contribution is 2.32. The average molecular weight is 419 g/mol. The van der Waals surface area contributed by atoms with Crippen LogP contribution in [0.3, 0.4) is 0 Å². The van der Waals surface area contributed by atoms with Crippen molar-refractivity contribution in [3.8, 4) is 0 Å². The summed E-state index contributed by atoms with van der Waals surface area (Å²) >= 11 is 6.80.